The lowest BCUT2D eigenvalue weighted by Gasteiger charge is -2.19. The van der Waals surface area contributed by atoms with Gasteiger partial charge in [-0.25, -0.2) is 9.97 Å². The van der Waals surface area contributed by atoms with E-state index in [1.807, 2.05) is 0 Å². The Hall–Kier alpha value is -1.36. The average Bonchev–Trinajstić information content (AvgIpc) is 2.30. The number of nitrogens with zero attached hydrogens (tertiary/aromatic N) is 3. The molecule has 0 atom stereocenters. The summed E-state index contributed by atoms with van der Waals surface area (Å²) in [5, 5.41) is 3.22. The second-order valence-corrected chi connectivity index (χ2v) is 3.69. The first-order valence-electron chi connectivity index (χ1n) is 5.80. The van der Waals surface area contributed by atoms with Crippen molar-refractivity contribution in [2.24, 2.45) is 0 Å². The van der Waals surface area contributed by atoms with Gasteiger partial charge in [0.25, 0.3) is 0 Å². The maximum atomic E-state index is 5.46. The molecule has 1 aromatic rings. The summed E-state index contributed by atoms with van der Waals surface area (Å²) in [5.41, 5.74) is 5.46. The van der Waals surface area contributed by atoms with Crippen LogP contribution in [0.3, 0.4) is 0 Å². The van der Waals surface area contributed by atoms with E-state index >= 15 is 0 Å². The molecule has 0 aromatic carbocycles. The molecule has 0 amide bonds. The first-order chi connectivity index (χ1) is 7.76. The molecule has 0 bridgehead atoms. The molecule has 0 aliphatic heterocycles. The third kappa shape index (κ3) is 4.44. The van der Waals surface area contributed by atoms with Crippen molar-refractivity contribution in [2.75, 3.05) is 37.2 Å². The van der Waals surface area contributed by atoms with Gasteiger partial charge in [0.15, 0.2) is 0 Å². The van der Waals surface area contributed by atoms with Gasteiger partial charge in [-0.2, -0.15) is 0 Å². The molecule has 0 aliphatic rings. The molecule has 90 valence electrons. The normalized spacial score (nSPS) is 10.7. The summed E-state index contributed by atoms with van der Waals surface area (Å²) in [5.74, 6) is 1.23. The van der Waals surface area contributed by atoms with Gasteiger partial charge in [-0.15, -0.1) is 0 Å². The largest absolute Gasteiger partial charge is 0.382 e. The Morgan fingerprint density at radius 2 is 2.06 bits per heavy atom. The first-order valence-corrected chi connectivity index (χ1v) is 5.80. The lowest BCUT2D eigenvalue weighted by Crippen LogP contribution is -2.29. The van der Waals surface area contributed by atoms with Crippen molar-refractivity contribution in [1.29, 1.82) is 0 Å². The van der Waals surface area contributed by atoms with Crippen LogP contribution >= 0.6 is 0 Å². The molecular formula is C11H21N5. The molecule has 0 spiro atoms. The summed E-state index contributed by atoms with van der Waals surface area (Å²) >= 11 is 0. The summed E-state index contributed by atoms with van der Waals surface area (Å²) in [6.45, 7) is 8.51. The minimum absolute atomic E-state index is 0.451. The van der Waals surface area contributed by atoms with Crippen molar-refractivity contribution in [1.82, 2.24) is 14.9 Å². The molecule has 0 unspecified atom stereocenters. The zero-order valence-electron chi connectivity index (χ0n) is 10.1. The fourth-order valence-corrected chi connectivity index (χ4v) is 1.52. The molecule has 1 heterocycles. The Kier molecular flexibility index (Phi) is 5.56. The minimum atomic E-state index is 0.451. The Labute approximate surface area is 97.1 Å². The van der Waals surface area contributed by atoms with Crippen LogP contribution < -0.4 is 11.1 Å². The maximum absolute atomic E-state index is 5.46. The van der Waals surface area contributed by atoms with E-state index in [9.17, 15) is 0 Å². The van der Waals surface area contributed by atoms with E-state index < -0.39 is 0 Å². The van der Waals surface area contributed by atoms with Crippen LogP contribution in [0.15, 0.2) is 12.4 Å². The van der Waals surface area contributed by atoms with Gasteiger partial charge in [0.05, 0.1) is 12.4 Å². The first kappa shape index (κ1) is 12.7. The van der Waals surface area contributed by atoms with Crippen LogP contribution in [0.5, 0.6) is 0 Å². The molecule has 3 N–H and O–H groups in total. The Balaban J connectivity index is 2.26. The molecule has 5 nitrogen and oxygen atoms in total. The number of nitrogens with two attached hydrogens (primary N) is 1. The van der Waals surface area contributed by atoms with Gasteiger partial charge in [-0.05, 0) is 19.5 Å². The maximum Gasteiger partial charge on any atom is 0.144 e. The molecular weight excluding hydrogens is 202 g/mol. The third-order valence-electron chi connectivity index (χ3n) is 2.39. The molecule has 1 aromatic heterocycles. The lowest BCUT2D eigenvalue weighted by atomic mass is 10.4. The monoisotopic (exact) mass is 223 g/mol. The van der Waals surface area contributed by atoms with Gasteiger partial charge in [0.1, 0.15) is 11.6 Å². The zero-order valence-corrected chi connectivity index (χ0v) is 10.1. The predicted molar refractivity (Wildman–Crippen MR) is 67.3 cm³/mol. The summed E-state index contributed by atoms with van der Waals surface area (Å²) in [6, 6.07) is 0. The molecule has 5 heteroatoms. The summed E-state index contributed by atoms with van der Waals surface area (Å²) in [7, 11) is 0. The molecule has 0 fully saturated rings. The number of rotatable bonds is 7. The Morgan fingerprint density at radius 3 is 2.62 bits per heavy atom. The third-order valence-corrected chi connectivity index (χ3v) is 2.39. The minimum Gasteiger partial charge on any atom is -0.382 e. The van der Waals surface area contributed by atoms with Crippen molar-refractivity contribution in [3.8, 4) is 0 Å². The van der Waals surface area contributed by atoms with Gasteiger partial charge in [0.2, 0.25) is 0 Å². The number of hydrogen-bond donors (Lipinski definition) is 2. The van der Waals surface area contributed by atoms with E-state index in [1.165, 1.54) is 6.42 Å². The van der Waals surface area contributed by atoms with E-state index in [0.29, 0.717) is 5.82 Å². The second-order valence-electron chi connectivity index (χ2n) is 3.69. The van der Waals surface area contributed by atoms with E-state index in [1.54, 1.807) is 12.4 Å². The molecule has 1 rings (SSSR count). The van der Waals surface area contributed by atoms with Crippen molar-refractivity contribution in [2.45, 2.75) is 20.3 Å². The van der Waals surface area contributed by atoms with Crippen LogP contribution in [-0.4, -0.2) is 41.0 Å². The van der Waals surface area contributed by atoms with Crippen molar-refractivity contribution in [3.05, 3.63) is 12.4 Å². The number of aromatic nitrogens is 2. The van der Waals surface area contributed by atoms with E-state index in [-0.39, 0.29) is 0 Å². The topological polar surface area (TPSA) is 67.1 Å². The van der Waals surface area contributed by atoms with Gasteiger partial charge < -0.3 is 16.0 Å². The van der Waals surface area contributed by atoms with Crippen molar-refractivity contribution < 1.29 is 0 Å². The van der Waals surface area contributed by atoms with Gasteiger partial charge in [-0.1, -0.05) is 13.8 Å². The second kappa shape index (κ2) is 7.00. The van der Waals surface area contributed by atoms with Crippen molar-refractivity contribution >= 4 is 11.6 Å². The Bertz CT molecular complexity index is 285. The molecule has 16 heavy (non-hydrogen) atoms. The molecule has 0 radical (unpaired) electrons. The number of anilines is 2. The van der Waals surface area contributed by atoms with Crippen LogP contribution in [0.4, 0.5) is 11.6 Å². The number of nitrogens with one attached hydrogen (secondary N) is 1. The summed E-state index contributed by atoms with van der Waals surface area (Å²) < 4.78 is 0. The van der Waals surface area contributed by atoms with Gasteiger partial charge in [0, 0.05) is 13.1 Å². The standard InChI is InChI=1S/C11H21N5/c1-3-6-16(4-2)7-5-13-11-9-14-10(12)8-15-11/h8-9H,3-7H2,1-2H3,(H2,12,14)(H,13,15). The molecule has 0 saturated heterocycles. The van der Waals surface area contributed by atoms with Crippen LogP contribution in [0.1, 0.15) is 20.3 Å². The fraction of sp³-hybridized carbons (Fsp3) is 0.636. The van der Waals surface area contributed by atoms with Crippen LogP contribution in [0, 0.1) is 0 Å². The van der Waals surface area contributed by atoms with Crippen LogP contribution in [0.2, 0.25) is 0 Å². The summed E-state index contributed by atoms with van der Waals surface area (Å²) in [6.07, 6.45) is 4.41. The van der Waals surface area contributed by atoms with E-state index in [4.69, 9.17) is 5.73 Å². The highest BCUT2D eigenvalue weighted by Gasteiger charge is 2.00. The number of nitrogen functional groups attached to an aromatic ring is 1. The molecule has 0 aliphatic carbocycles. The highest BCUT2D eigenvalue weighted by molar-refractivity contribution is 5.35. The highest BCUT2D eigenvalue weighted by Crippen LogP contribution is 2.01. The highest BCUT2D eigenvalue weighted by atomic mass is 15.1. The predicted octanol–water partition coefficient (Wildman–Crippen LogP) is 1.20. The van der Waals surface area contributed by atoms with Crippen molar-refractivity contribution in [3.63, 3.8) is 0 Å². The van der Waals surface area contributed by atoms with Gasteiger partial charge >= 0.3 is 0 Å². The fourth-order valence-electron chi connectivity index (χ4n) is 1.52. The average molecular weight is 223 g/mol. The number of likely N-dealkylation sites (N-methyl/N-ethyl adjacent to an activating group) is 1. The van der Waals surface area contributed by atoms with E-state index in [2.05, 4.69) is 34.0 Å². The lowest BCUT2D eigenvalue weighted by molar-refractivity contribution is 0.300. The summed E-state index contributed by atoms with van der Waals surface area (Å²) in [4.78, 5) is 10.5. The smallest absolute Gasteiger partial charge is 0.144 e. The quantitative estimate of drug-likeness (QED) is 0.727. The SMILES string of the molecule is CCCN(CC)CCNc1cnc(N)cn1. The zero-order chi connectivity index (χ0) is 11.8. The van der Waals surface area contributed by atoms with E-state index in [0.717, 1.165) is 32.0 Å². The molecule has 0 saturated carbocycles. The Morgan fingerprint density at radius 1 is 1.25 bits per heavy atom. The van der Waals surface area contributed by atoms with Crippen LogP contribution in [0.25, 0.3) is 0 Å². The number of hydrogen-bond acceptors (Lipinski definition) is 5. The van der Waals surface area contributed by atoms with Gasteiger partial charge in [-0.3, -0.25) is 0 Å². The van der Waals surface area contributed by atoms with Crippen LogP contribution in [-0.2, 0) is 0 Å².